The molecular formula is C13H19NOS. The first-order chi connectivity index (χ1) is 7.75. The zero-order valence-electron chi connectivity index (χ0n) is 9.43. The van der Waals surface area contributed by atoms with Gasteiger partial charge in [-0.05, 0) is 37.1 Å². The summed E-state index contributed by atoms with van der Waals surface area (Å²) < 4.78 is 0. The van der Waals surface area contributed by atoms with Crippen molar-refractivity contribution in [2.45, 2.75) is 48.4 Å². The van der Waals surface area contributed by atoms with Crippen molar-refractivity contribution in [2.75, 3.05) is 5.73 Å². The van der Waals surface area contributed by atoms with Crippen LogP contribution in [0.2, 0.25) is 0 Å². The Morgan fingerprint density at radius 2 is 1.75 bits per heavy atom. The highest BCUT2D eigenvalue weighted by Crippen LogP contribution is 2.33. The molecule has 0 saturated heterocycles. The van der Waals surface area contributed by atoms with Crippen LogP contribution in [0, 0.1) is 0 Å². The van der Waals surface area contributed by atoms with Crippen molar-refractivity contribution in [3.8, 4) is 0 Å². The summed E-state index contributed by atoms with van der Waals surface area (Å²) in [4.78, 5) is 1.21. The van der Waals surface area contributed by atoms with Crippen LogP contribution in [0.15, 0.2) is 29.2 Å². The molecule has 1 aliphatic rings. The predicted octanol–water partition coefficient (Wildman–Crippen LogP) is 3.05. The number of rotatable bonds is 2. The molecule has 3 heteroatoms. The second-order valence-electron chi connectivity index (χ2n) is 4.43. The van der Waals surface area contributed by atoms with E-state index in [-0.39, 0.29) is 6.10 Å². The first-order valence-electron chi connectivity index (χ1n) is 5.96. The largest absolute Gasteiger partial charge is 0.399 e. The molecule has 0 bridgehead atoms. The summed E-state index contributed by atoms with van der Waals surface area (Å²) in [5, 5.41) is 10.4. The fraction of sp³-hybridized carbons (Fsp3) is 0.538. The second kappa shape index (κ2) is 5.60. The zero-order valence-corrected chi connectivity index (χ0v) is 10.2. The molecule has 0 aromatic heterocycles. The summed E-state index contributed by atoms with van der Waals surface area (Å²) in [5.74, 6) is 0. The van der Waals surface area contributed by atoms with Gasteiger partial charge in [-0.15, -0.1) is 11.8 Å². The van der Waals surface area contributed by atoms with Crippen molar-refractivity contribution in [3.63, 3.8) is 0 Å². The Balaban J connectivity index is 1.99. The van der Waals surface area contributed by atoms with Gasteiger partial charge in [0.1, 0.15) is 0 Å². The molecule has 0 radical (unpaired) electrons. The minimum atomic E-state index is -0.148. The monoisotopic (exact) mass is 237 g/mol. The Hall–Kier alpha value is -0.670. The van der Waals surface area contributed by atoms with Gasteiger partial charge in [-0.1, -0.05) is 19.3 Å². The van der Waals surface area contributed by atoms with Crippen LogP contribution in [-0.2, 0) is 0 Å². The maximum atomic E-state index is 10.0. The van der Waals surface area contributed by atoms with Crippen molar-refractivity contribution < 1.29 is 5.11 Å². The minimum Gasteiger partial charge on any atom is -0.399 e. The van der Waals surface area contributed by atoms with Gasteiger partial charge in [0, 0.05) is 15.8 Å². The maximum Gasteiger partial charge on any atom is 0.0662 e. The lowest BCUT2D eigenvalue weighted by atomic mass is 10.1. The van der Waals surface area contributed by atoms with E-state index in [0.717, 1.165) is 18.5 Å². The number of hydrogen-bond donors (Lipinski definition) is 2. The molecule has 2 rings (SSSR count). The van der Waals surface area contributed by atoms with Gasteiger partial charge in [0.2, 0.25) is 0 Å². The molecule has 88 valence electrons. The van der Waals surface area contributed by atoms with Crippen LogP contribution in [0.4, 0.5) is 5.69 Å². The molecule has 16 heavy (non-hydrogen) atoms. The first kappa shape index (κ1) is 11.8. The third-order valence-electron chi connectivity index (χ3n) is 3.09. The summed E-state index contributed by atoms with van der Waals surface area (Å²) in [6, 6.07) is 7.92. The molecule has 1 saturated carbocycles. The quantitative estimate of drug-likeness (QED) is 0.614. The van der Waals surface area contributed by atoms with Crippen LogP contribution in [0.5, 0.6) is 0 Å². The van der Waals surface area contributed by atoms with Crippen molar-refractivity contribution in [2.24, 2.45) is 0 Å². The third-order valence-corrected chi connectivity index (χ3v) is 4.48. The van der Waals surface area contributed by atoms with E-state index in [1.807, 2.05) is 24.3 Å². The minimum absolute atomic E-state index is 0.148. The number of anilines is 1. The Morgan fingerprint density at radius 1 is 1.06 bits per heavy atom. The summed E-state index contributed by atoms with van der Waals surface area (Å²) >= 11 is 1.79. The SMILES string of the molecule is Nc1ccc(SC2CCCCCC2O)cc1. The van der Waals surface area contributed by atoms with E-state index in [1.165, 1.54) is 24.2 Å². The van der Waals surface area contributed by atoms with Crippen molar-refractivity contribution in [1.82, 2.24) is 0 Å². The molecule has 2 unspecified atom stereocenters. The molecule has 0 amide bonds. The van der Waals surface area contributed by atoms with Gasteiger partial charge in [0.15, 0.2) is 0 Å². The smallest absolute Gasteiger partial charge is 0.0662 e. The molecule has 1 aromatic carbocycles. The van der Waals surface area contributed by atoms with Crippen LogP contribution in [-0.4, -0.2) is 16.5 Å². The van der Waals surface area contributed by atoms with E-state index in [1.54, 1.807) is 11.8 Å². The van der Waals surface area contributed by atoms with Crippen LogP contribution < -0.4 is 5.73 Å². The average molecular weight is 237 g/mol. The number of nitrogens with two attached hydrogens (primary N) is 1. The summed E-state index contributed by atoms with van der Waals surface area (Å²) in [6.07, 6.45) is 5.59. The van der Waals surface area contributed by atoms with Crippen LogP contribution in [0.1, 0.15) is 32.1 Å². The zero-order chi connectivity index (χ0) is 11.4. The Morgan fingerprint density at radius 3 is 2.50 bits per heavy atom. The van der Waals surface area contributed by atoms with Crippen LogP contribution in [0.25, 0.3) is 0 Å². The van der Waals surface area contributed by atoms with Gasteiger partial charge in [-0.25, -0.2) is 0 Å². The van der Waals surface area contributed by atoms with Gasteiger partial charge >= 0.3 is 0 Å². The fourth-order valence-corrected chi connectivity index (χ4v) is 3.33. The number of hydrogen-bond acceptors (Lipinski definition) is 3. The van der Waals surface area contributed by atoms with Crippen LogP contribution in [0.3, 0.4) is 0 Å². The standard InChI is InChI=1S/C13H19NOS/c14-10-6-8-11(9-7-10)16-13-5-3-1-2-4-12(13)15/h6-9,12-13,15H,1-5,14H2. The number of nitrogen functional groups attached to an aromatic ring is 1. The highest BCUT2D eigenvalue weighted by Gasteiger charge is 2.22. The average Bonchev–Trinajstić information content (AvgIpc) is 2.48. The van der Waals surface area contributed by atoms with Gasteiger partial charge in [0.05, 0.1) is 6.10 Å². The van der Waals surface area contributed by atoms with Crippen molar-refractivity contribution >= 4 is 17.4 Å². The number of aliphatic hydroxyl groups excluding tert-OH is 1. The maximum absolute atomic E-state index is 10.0. The Labute approximate surface area is 101 Å². The van der Waals surface area contributed by atoms with E-state index < -0.39 is 0 Å². The number of thioether (sulfide) groups is 1. The summed E-state index contributed by atoms with van der Waals surface area (Å²) in [6.45, 7) is 0. The Kier molecular flexibility index (Phi) is 4.13. The second-order valence-corrected chi connectivity index (χ2v) is 5.74. The van der Waals surface area contributed by atoms with Gasteiger partial charge in [0.25, 0.3) is 0 Å². The van der Waals surface area contributed by atoms with Gasteiger partial charge < -0.3 is 10.8 Å². The van der Waals surface area contributed by atoms with Gasteiger partial charge in [-0.2, -0.15) is 0 Å². The molecule has 2 atom stereocenters. The first-order valence-corrected chi connectivity index (χ1v) is 6.84. The fourth-order valence-electron chi connectivity index (χ4n) is 2.11. The number of benzene rings is 1. The van der Waals surface area contributed by atoms with Crippen molar-refractivity contribution in [1.29, 1.82) is 0 Å². The molecule has 3 N–H and O–H groups in total. The molecule has 0 heterocycles. The molecule has 0 spiro atoms. The predicted molar refractivity (Wildman–Crippen MR) is 69.6 cm³/mol. The summed E-state index contributed by atoms with van der Waals surface area (Å²) in [5.41, 5.74) is 6.45. The van der Waals surface area contributed by atoms with Gasteiger partial charge in [-0.3, -0.25) is 0 Å². The highest BCUT2D eigenvalue weighted by atomic mass is 32.2. The lowest BCUT2D eigenvalue weighted by Crippen LogP contribution is -2.21. The van der Waals surface area contributed by atoms with E-state index >= 15 is 0 Å². The molecular weight excluding hydrogens is 218 g/mol. The molecule has 1 aromatic rings. The third kappa shape index (κ3) is 3.16. The lowest BCUT2D eigenvalue weighted by Gasteiger charge is -2.19. The lowest BCUT2D eigenvalue weighted by molar-refractivity contribution is 0.163. The van der Waals surface area contributed by atoms with E-state index in [9.17, 15) is 5.11 Å². The normalized spacial score (nSPS) is 26.3. The van der Waals surface area contributed by atoms with E-state index in [2.05, 4.69) is 0 Å². The Bertz CT molecular complexity index is 325. The van der Waals surface area contributed by atoms with Crippen molar-refractivity contribution in [3.05, 3.63) is 24.3 Å². The molecule has 1 fully saturated rings. The van der Waals surface area contributed by atoms with Crippen LogP contribution >= 0.6 is 11.8 Å². The highest BCUT2D eigenvalue weighted by molar-refractivity contribution is 8.00. The molecule has 2 nitrogen and oxygen atoms in total. The van der Waals surface area contributed by atoms with E-state index in [4.69, 9.17) is 5.73 Å². The summed E-state index contributed by atoms with van der Waals surface area (Å²) in [7, 11) is 0. The molecule has 0 aliphatic heterocycles. The molecule has 1 aliphatic carbocycles. The number of aliphatic hydroxyl groups is 1. The topological polar surface area (TPSA) is 46.2 Å². The van der Waals surface area contributed by atoms with E-state index in [0.29, 0.717) is 5.25 Å².